The predicted octanol–water partition coefficient (Wildman–Crippen LogP) is 0.621. The highest BCUT2D eigenvalue weighted by atomic mass is 32.2. The molecule has 6 atom stereocenters. The van der Waals surface area contributed by atoms with E-state index in [9.17, 15) is 43.8 Å². The minimum Gasteiger partial charge on any atom is -0.460 e. The van der Waals surface area contributed by atoms with Crippen LogP contribution in [0, 0.1) is 10.1 Å². The summed E-state index contributed by atoms with van der Waals surface area (Å²) in [6.45, 7) is 1.55. The van der Waals surface area contributed by atoms with Crippen molar-refractivity contribution in [1.82, 2.24) is 5.32 Å². The second kappa shape index (κ2) is 13.3. The summed E-state index contributed by atoms with van der Waals surface area (Å²) in [5.41, 5.74) is -0.222. The largest absolute Gasteiger partial charge is 0.460 e. The third kappa shape index (κ3) is 6.47. The van der Waals surface area contributed by atoms with Gasteiger partial charge < -0.3 is 40.0 Å². The molecule has 0 spiro atoms. The minimum absolute atomic E-state index is 0.0354. The standard InChI is InChI=1S/C28H32N2O12S/c1-15-21(27(35)40-12-13-41-28-25(34)24(33)23(32)20(14-31)42-28)22(18-10-6-7-11-19(18)30(36)37)26(16(2)29-15)43(38,39)17-8-4-3-5-9-17/h3-11,20,22-25,28-29,31-34H,12-14H2,1-2H3/t20-,22?,23-,24+,25-,28-/m1/s1. The fourth-order valence-electron chi connectivity index (χ4n) is 5.10. The number of nitrogens with one attached hydrogen (secondary N) is 1. The number of hydrogen-bond donors (Lipinski definition) is 5. The number of allylic oxidation sites excluding steroid dienone is 3. The Morgan fingerprint density at radius 2 is 1.63 bits per heavy atom. The molecule has 2 aliphatic heterocycles. The average molecular weight is 621 g/mol. The monoisotopic (exact) mass is 620 g/mol. The molecule has 2 aromatic rings. The molecule has 14 nitrogen and oxygen atoms in total. The molecule has 2 aliphatic rings. The second-order valence-electron chi connectivity index (χ2n) is 9.92. The molecule has 5 N–H and O–H groups in total. The molecule has 0 bridgehead atoms. The normalized spacial score (nSPS) is 26.2. The molecule has 4 rings (SSSR count). The zero-order chi connectivity index (χ0) is 31.5. The Morgan fingerprint density at radius 3 is 2.28 bits per heavy atom. The van der Waals surface area contributed by atoms with Crippen molar-refractivity contribution in [2.24, 2.45) is 0 Å². The molecule has 0 amide bonds. The lowest BCUT2D eigenvalue weighted by molar-refractivity contribution is -0.385. The predicted molar refractivity (Wildman–Crippen MR) is 149 cm³/mol. The van der Waals surface area contributed by atoms with E-state index in [-0.39, 0.29) is 38.9 Å². The zero-order valence-corrected chi connectivity index (χ0v) is 24.0. The van der Waals surface area contributed by atoms with E-state index in [1.807, 2.05) is 0 Å². The summed E-state index contributed by atoms with van der Waals surface area (Å²) in [5, 5.41) is 54.2. The zero-order valence-electron chi connectivity index (χ0n) is 23.2. The van der Waals surface area contributed by atoms with Crippen molar-refractivity contribution in [1.29, 1.82) is 0 Å². The van der Waals surface area contributed by atoms with Crippen LogP contribution < -0.4 is 5.32 Å². The number of sulfone groups is 1. The van der Waals surface area contributed by atoms with E-state index in [4.69, 9.17) is 14.2 Å². The van der Waals surface area contributed by atoms with Crippen molar-refractivity contribution in [3.05, 3.63) is 92.1 Å². The van der Waals surface area contributed by atoms with Crippen LogP contribution >= 0.6 is 0 Å². The van der Waals surface area contributed by atoms with Crippen LogP contribution in [0.2, 0.25) is 0 Å². The first-order valence-corrected chi connectivity index (χ1v) is 14.7. The summed E-state index contributed by atoms with van der Waals surface area (Å²) in [7, 11) is -4.29. The van der Waals surface area contributed by atoms with Gasteiger partial charge in [0.2, 0.25) is 9.84 Å². The number of rotatable bonds is 10. The molecule has 1 unspecified atom stereocenters. The number of carbonyl (C=O) groups is 1. The summed E-state index contributed by atoms with van der Waals surface area (Å²) in [5.74, 6) is -2.40. The number of esters is 1. The van der Waals surface area contributed by atoms with E-state index in [0.717, 1.165) is 0 Å². The Hall–Kier alpha value is -3.70. The number of dihydropyridines is 1. The van der Waals surface area contributed by atoms with E-state index < -0.39 is 76.3 Å². The van der Waals surface area contributed by atoms with Gasteiger partial charge in [-0.2, -0.15) is 0 Å². The molecule has 0 saturated carbocycles. The molecular formula is C28H32N2O12S. The van der Waals surface area contributed by atoms with Gasteiger partial charge in [0.25, 0.3) is 5.69 Å². The number of nitro groups is 1. The SMILES string of the molecule is CC1=C(C(=O)OCCO[C@@H]2O[C@H](CO)[C@@H](O)[C@H](O)[C@H]2O)C(c2ccccc2[N+](=O)[O-])C(S(=O)(=O)c2ccccc2)=C(C)N1. The molecule has 15 heteroatoms. The molecule has 0 aromatic heterocycles. The molecule has 2 aromatic carbocycles. The van der Waals surface area contributed by atoms with Gasteiger partial charge in [0.05, 0.1) is 39.4 Å². The van der Waals surface area contributed by atoms with Gasteiger partial charge >= 0.3 is 5.97 Å². The van der Waals surface area contributed by atoms with Gasteiger partial charge in [0.15, 0.2) is 6.29 Å². The molecule has 2 heterocycles. The molecule has 0 aliphatic carbocycles. The van der Waals surface area contributed by atoms with Crippen molar-refractivity contribution < 1.29 is 52.8 Å². The summed E-state index contributed by atoms with van der Waals surface area (Å²) < 4.78 is 43.9. The highest BCUT2D eigenvalue weighted by molar-refractivity contribution is 7.95. The van der Waals surface area contributed by atoms with Crippen LogP contribution in [-0.2, 0) is 28.8 Å². The maximum atomic E-state index is 13.9. The average Bonchev–Trinajstić information content (AvgIpc) is 2.98. The van der Waals surface area contributed by atoms with Crippen LogP contribution in [0.25, 0.3) is 0 Å². The topological polar surface area (TPSA) is 215 Å². The lowest BCUT2D eigenvalue weighted by atomic mass is 9.85. The van der Waals surface area contributed by atoms with E-state index in [0.29, 0.717) is 0 Å². The Balaban J connectivity index is 1.64. The molecule has 1 saturated heterocycles. The summed E-state index contributed by atoms with van der Waals surface area (Å²) >= 11 is 0. The van der Waals surface area contributed by atoms with Crippen LogP contribution in [-0.4, -0.2) is 90.3 Å². The van der Waals surface area contributed by atoms with Gasteiger partial charge in [-0.05, 0) is 26.0 Å². The molecular weight excluding hydrogens is 588 g/mol. The molecule has 1 fully saturated rings. The first-order valence-electron chi connectivity index (χ1n) is 13.2. The van der Waals surface area contributed by atoms with Crippen LogP contribution in [0.3, 0.4) is 0 Å². The van der Waals surface area contributed by atoms with Crippen molar-refractivity contribution in [2.45, 2.75) is 55.4 Å². The summed E-state index contributed by atoms with van der Waals surface area (Å²) in [6.07, 6.45) is -7.57. The van der Waals surface area contributed by atoms with Gasteiger partial charge in [-0.1, -0.05) is 36.4 Å². The van der Waals surface area contributed by atoms with Gasteiger partial charge in [0.1, 0.15) is 31.0 Å². The van der Waals surface area contributed by atoms with E-state index in [2.05, 4.69) is 5.32 Å². The Kier molecular flexibility index (Phi) is 9.96. The third-order valence-corrected chi connectivity index (χ3v) is 9.17. The maximum absolute atomic E-state index is 13.9. The van der Waals surface area contributed by atoms with Crippen LogP contribution in [0.15, 0.2) is 81.4 Å². The Labute approximate surface area is 246 Å². The maximum Gasteiger partial charge on any atom is 0.336 e. The molecule has 43 heavy (non-hydrogen) atoms. The van der Waals surface area contributed by atoms with Crippen LogP contribution in [0.1, 0.15) is 25.3 Å². The Bertz CT molecular complexity index is 1520. The van der Waals surface area contributed by atoms with Crippen molar-refractivity contribution in [2.75, 3.05) is 19.8 Å². The highest BCUT2D eigenvalue weighted by Crippen LogP contribution is 2.45. The molecule has 0 radical (unpaired) electrons. The second-order valence-corrected chi connectivity index (χ2v) is 11.8. The smallest absolute Gasteiger partial charge is 0.336 e. The summed E-state index contributed by atoms with van der Waals surface area (Å²) in [4.78, 5) is 24.6. The fourth-order valence-corrected chi connectivity index (χ4v) is 6.88. The van der Waals surface area contributed by atoms with Gasteiger partial charge in [0, 0.05) is 23.0 Å². The number of nitrogens with zero attached hydrogens (tertiary/aromatic N) is 1. The van der Waals surface area contributed by atoms with Crippen molar-refractivity contribution in [3.8, 4) is 0 Å². The van der Waals surface area contributed by atoms with Crippen LogP contribution in [0.4, 0.5) is 5.69 Å². The number of para-hydroxylation sites is 1. The first-order chi connectivity index (χ1) is 20.4. The van der Waals surface area contributed by atoms with Gasteiger partial charge in [-0.25, -0.2) is 13.2 Å². The molecule has 232 valence electrons. The number of carbonyl (C=O) groups excluding carboxylic acids is 1. The minimum atomic E-state index is -4.29. The van der Waals surface area contributed by atoms with Crippen molar-refractivity contribution in [3.63, 3.8) is 0 Å². The number of aliphatic hydroxyl groups excluding tert-OH is 4. The number of nitro benzene ring substituents is 1. The van der Waals surface area contributed by atoms with E-state index in [1.165, 1.54) is 62.4 Å². The fraction of sp³-hybridized carbons (Fsp3) is 0.393. The quantitative estimate of drug-likeness (QED) is 0.107. The Morgan fingerprint density at radius 1 is 0.977 bits per heavy atom. The lowest BCUT2D eigenvalue weighted by Gasteiger charge is -2.39. The third-order valence-electron chi connectivity index (χ3n) is 7.15. The highest BCUT2D eigenvalue weighted by Gasteiger charge is 2.45. The van der Waals surface area contributed by atoms with E-state index >= 15 is 0 Å². The van der Waals surface area contributed by atoms with Gasteiger partial charge in [-0.15, -0.1) is 0 Å². The van der Waals surface area contributed by atoms with Gasteiger partial charge in [-0.3, -0.25) is 10.1 Å². The number of aliphatic hydroxyl groups is 4. The number of benzene rings is 2. The first kappa shape index (κ1) is 32.2. The summed E-state index contributed by atoms with van der Waals surface area (Å²) in [6, 6.07) is 13.0. The van der Waals surface area contributed by atoms with Crippen LogP contribution in [0.5, 0.6) is 0 Å². The van der Waals surface area contributed by atoms with Crippen molar-refractivity contribution >= 4 is 21.5 Å². The number of hydrogen-bond acceptors (Lipinski definition) is 13. The van der Waals surface area contributed by atoms with E-state index in [1.54, 1.807) is 6.07 Å². The lowest BCUT2D eigenvalue weighted by Crippen LogP contribution is -2.59. The number of ether oxygens (including phenoxy) is 3.